The molecule has 3 rings (SSSR count). The van der Waals surface area contributed by atoms with Crippen molar-refractivity contribution in [1.29, 1.82) is 0 Å². The average molecular weight is 412 g/mol. The summed E-state index contributed by atoms with van der Waals surface area (Å²) in [5.74, 6) is -0.516. The number of para-hydroxylation sites is 1. The number of hydrogen-bond donors (Lipinski definition) is 1. The number of nitrogens with one attached hydrogen (secondary N) is 1. The van der Waals surface area contributed by atoms with E-state index in [1.54, 1.807) is 13.0 Å². The summed E-state index contributed by atoms with van der Waals surface area (Å²) in [6, 6.07) is 9.71. The van der Waals surface area contributed by atoms with Crippen LogP contribution in [0.2, 0.25) is 0 Å². The van der Waals surface area contributed by atoms with Crippen LogP contribution in [0.1, 0.15) is 25.8 Å². The van der Waals surface area contributed by atoms with E-state index < -0.39 is 5.41 Å². The number of aromatic nitrogens is 1. The summed E-state index contributed by atoms with van der Waals surface area (Å²) in [7, 11) is 0. The molecule has 25 heavy (non-hydrogen) atoms. The van der Waals surface area contributed by atoms with Crippen molar-refractivity contribution in [3.05, 3.63) is 53.7 Å². The number of pyridine rings is 1. The molecule has 1 aliphatic rings. The molecule has 1 aromatic carbocycles. The second kappa shape index (κ2) is 8.20. The molecule has 1 radical (unpaired) electrons. The molecule has 1 aliphatic heterocycles. The Labute approximate surface area is 172 Å². The second-order valence-electron chi connectivity index (χ2n) is 6.15. The van der Waals surface area contributed by atoms with E-state index in [2.05, 4.69) is 16.5 Å². The molecule has 2 aromatic rings. The topological polar surface area (TPSA) is 68.3 Å². The molecule has 1 N–H and O–H groups in total. The molecule has 0 bridgehead atoms. The third-order valence-corrected chi connectivity index (χ3v) is 4.37. The zero-order valence-corrected chi connectivity index (χ0v) is 17.2. The number of hydrogen-bond acceptors (Lipinski definition) is 4. The van der Waals surface area contributed by atoms with Crippen LogP contribution >= 0.6 is 0 Å². The molecule has 0 unspecified atom stereocenters. The zero-order valence-electron chi connectivity index (χ0n) is 14.3. The van der Waals surface area contributed by atoms with E-state index in [1.807, 2.05) is 37.3 Å². The van der Waals surface area contributed by atoms with Crippen molar-refractivity contribution < 1.29 is 47.0 Å². The summed E-state index contributed by atoms with van der Waals surface area (Å²) in [6.07, 6.45) is 5.24. The minimum Gasteiger partial charge on any atom is -0.460 e. The van der Waals surface area contributed by atoms with Crippen LogP contribution in [0.5, 0.6) is 0 Å². The Balaban J connectivity index is 0.00000225. The Kier molecular flexibility index (Phi) is 6.47. The van der Waals surface area contributed by atoms with Gasteiger partial charge in [0, 0.05) is 39.3 Å². The van der Waals surface area contributed by atoms with Gasteiger partial charge in [0.2, 0.25) is 0 Å². The predicted molar refractivity (Wildman–Crippen MR) is 89.9 cm³/mol. The molecule has 0 saturated heterocycles. The van der Waals surface area contributed by atoms with Crippen LogP contribution in [0, 0.1) is 11.6 Å². The Bertz CT molecular complexity index is 834. The minimum absolute atomic E-state index is 0. The van der Waals surface area contributed by atoms with Crippen LogP contribution in [0.25, 0.3) is 10.9 Å². The van der Waals surface area contributed by atoms with Crippen molar-refractivity contribution in [2.24, 2.45) is 5.41 Å². The molecule has 0 spiro atoms. The standard InChI is InChI=1S/C19H19N2O3.Y/c1-3-19(2)9-15(12-24-18(19)23)17(22)21-11-13-8-14-6-4-5-7-16(14)20-10-13;/h4-9H,3,11-12H2,1-2H3,(H,21,22);/q-1;/t19-;/m1./s1. The number of fused-ring (bicyclic) bond motifs is 1. The van der Waals surface area contributed by atoms with E-state index >= 15 is 0 Å². The van der Waals surface area contributed by atoms with Gasteiger partial charge >= 0.3 is 5.97 Å². The molecule has 2 heterocycles. The fourth-order valence-electron chi connectivity index (χ4n) is 2.61. The minimum atomic E-state index is -0.735. The summed E-state index contributed by atoms with van der Waals surface area (Å²) in [5.41, 5.74) is 1.41. The van der Waals surface area contributed by atoms with Crippen LogP contribution in [-0.2, 0) is 53.6 Å². The first-order valence-corrected chi connectivity index (χ1v) is 7.95. The van der Waals surface area contributed by atoms with Gasteiger partial charge in [0.1, 0.15) is 6.61 Å². The van der Waals surface area contributed by atoms with Crippen LogP contribution in [0.3, 0.4) is 0 Å². The molecule has 1 atom stereocenters. The molecule has 5 nitrogen and oxygen atoms in total. The van der Waals surface area contributed by atoms with Gasteiger partial charge in [-0.1, -0.05) is 43.5 Å². The van der Waals surface area contributed by atoms with Gasteiger partial charge in [0.15, 0.2) is 0 Å². The summed E-state index contributed by atoms with van der Waals surface area (Å²) < 4.78 is 5.14. The number of benzene rings is 1. The first-order chi connectivity index (χ1) is 11.5. The van der Waals surface area contributed by atoms with E-state index in [9.17, 15) is 9.59 Å². The number of ether oxygens (including phenoxy) is 1. The summed E-state index contributed by atoms with van der Waals surface area (Å²) in [5, 5.41) is 3.84. The van der Waals surface area contributed by atoms with Gasteiger partial charge in [-0.2, -0.15) is 6.07 Å². The van der Waals surface area contributed by atoms with Gasteiger partial charge in [0.25, 0.3) is 5.91 Å². The van der Waals surface area contributed by atoms with Gasteiger partial charge in [0.05, 0.1) is 11.0 Å². The van der Waals surface area contributed by atoms with E-state index in [0.717, 1.165) is 16.5 Å². The third kappa shape index (κ3) is 4.34. The molecule has 6 heteroatoms. The summed E-state index contributed by atoms with van der Waals surface area (Å²) in [4.78, 5) is 28.4. The van der Waals surface area contributed by atoms with Gasteiger partial charge < -0.3 is 15.0 Å². The molecule has 0 saturated carbocycles. The molecular weight excluding hydrogens is 393 g/mol. The molecule has 0 aliphatic carbocycles. The van der Waals surface area contributed by atoms with Crippen LogP contribution in [0.4, 0.5) is 0 Å². The number of carbonyl (C=O) groups excluding carboxylic acids is 2. The van der Waals surface area contributed by atoms with Crippen molar-refractivity contribution in [2.75, 3.05) is 6.61 Å². The summed E-state index contributed by atoms with van der Waals surface area (Å²) >= 11 is 0. The SMILES string of the molecule is CC[C@]1(C)C=C(C(=O)NCc2[c-]nc3ccccc3c2)COC1=O.[Y]. The van der Waals surface area contributed by atoms with Gasteiger partial charge in [-0.05, 0) is 18.9 Å². The Hall–Kier alpha value is -1.59. The van der Waals surface area contributed by atoms with Crippen molar-refractivity contribution in [3.63, 3.8) is 0 Å². The van der Waals surface area contributed by atoms with E-state index in [0.29, 0.717) is 18.5 Å². The van der Waals surface area contributed by atoms with E-state index in [4.69, 9.17) is 4.74 Å². The molecule has 127 valence electrons. The van der Waals surface area contributed by atoms with Crippen LogP contribution in [0.15, 0.2) is 42.0 Å². The number of nitrogens with zero attached hydrogens (tertiary/aromatic N) is 1. The first kappa shape index (κ1) is 19.7. The van der Waals surface area contributed by atoms with Crippen LogP contribution in [-0.4, -0.2) is 23.5 Å². The number of amides is 1. The fourth-order valence-corrected chi connectivity index (χ4v) is 2.61. The molecule has 1 amide bonds. The maximum absolute atomic E-state index is 12.3. The zero-order chi connectivity index (χ0) is 17.2. The second-order valence-corrected chi connectivity index (χ2v) is 6.15. The smallest absolute Gasteiger partial charge is 0.316 e. The third-order valence-electron chi connectivity index (χ3n) is 4.37. The van der Waals surface area contributed by atoms with Crippen molar-refractivity contribution >= 4 is 22.8 Å². The Morgan fingerprint density at radius 3 is 2.92 bits per heavy atom. The molecule has 1 aromatic heterocycles. The Morgan fingerprint density at radius 1 is 1.40 bits per heavy atom. The maximum atomic E-state index is 12.3. The molecule has 0 fully saturated rings. The number of carbonyl (C=O) groups is 2. The van der Waals surface area contributed by atoms with E-state index in [1.165, 1.54) is 0 Å². The van der Waals surface area contributed by atoms with Gasteiger partial charge in [-0.15, -0.1) is 10.9 Å². The van der Waals surface area contributed by atoms with Gasteiger partial charge in [-0.25, -0.2) is 0 Å². The molecular formula is C19H19N2O3Y-. The maximum Gasteiger partial charge on any atom is 0.316 e. The van der Waals surface area contributed by atoms with Gasteiger partial charge in [-0.3, -0.25) is 9.59 Å². The number of esters is 1. The average Bonchev–Trinajstić information content (AvgIpc) is 2.62. The van der Waals surface area contributed by atoms with Crippen LogP contribution < -0.4 is 5.32 Å². The fraction of sp³-hybridized carbons (Fsp3) is 0.316. The van der Waals surface area contributed by atoms with Crippen molar-refractivity contribution in [2.45, 2.75) is 26.8 Å². The van der Waals surface area contributed by atoms with Crippen molar-refractivity contribution in [3.8, 4) is 0 Å². The van der Waals surface area contributed by atoms with Crippen molar-refractivity contribution in [1.82, 2.24) is 10.3 Å². The quantitative estimate of drug-likeness (QED) is 0.619. The normalized spacial score (nSPS) is 19.6. The number of rotatable bonds is 4. The largest absolute Gasteiger partial charge is 0.460 e. The summed E-state index contributed by atoms with van der Waals surface area (Å²) in [6.45, 7) is 4.02. The van der Waals surface area contributed by atoms with E-state index in [-0.39, 0.29) is 51.2 Å². The monoisotopic (exact) mass is 412 g/mol. The Morgan fingerprint density at radius 2 is 2.16 bits per heavy atom. The number of cyclic esters (lactones) is 1. The predicted octanol–water partition coefficient (Wildman–Crippen LogP) is 2.55. The first-order valence-electron chi connectivity index (χ1n) is 7.95.